The van der Waals surface area contributed by atoms with Crippen LogP contribution in [-0.2, 0) is 18.9 Å². The topological polar surface area (TPSA) is 140 Å². The van der Waals surface area contributed by atoms with Crippen molar-refractivity contribution in [2.24, 2.45) is 0 Å². The predicted octanol–water partition coefficient (Wildman–Crippen LogP) is 2.71. The van der Waals surface area contributed by atoms with Crippen LogP contribution in [0.4, 0.5) is 28.1 Å². The lowest BCUT2D eigenvalue weighted by Gasteiger charge is -2.30. The third-order valence-corrected chi connectivity index (χ3v) is 7.04. The zero-order chi connectivity index (χ0) is 28.2. The highest BCUT2D eigenvalue weighted by Crippen LogP contribution is 2.33. The van der Waals surface area contributed by atoms with E-state index in [1.54, 1.807) is 37.4 Å². The fourth-order valence-electron chi connectivity index (χ4n) is 4.91. The summed E-state index contributed by atoms with van der Waals surface area (Å²) >= 11 is 0. The summed E-state index contributed by atoms with van der Waals surface area (Å²) in [7, 11) is 1.54. The van der Waals surface area contributed by atoms with Crippen LogP contribution in [0.15, 0.2) is 42.5 Å². The summed E-state index contributed by atoms with van der Waals surface area (Å²) in [4.78, 5) is 43.3. The zero-order valence-corrected chi connectivity index (χ0v) is 22.7. The van der Waals surface area contributed by atoms with Crippen molar-refractivity contribution < 1.29 is 28.5 Å². The maximum Gasteiger partial charge on any atom is 0.339 e. The second-order valence-electron chi connectivity index (χ2n) is 9.77. The predicted molar refractivity (Wildman–Crippen MR) is 150 cm³/mol. The molecule has 0 spiro atoms. The van der Waals surface area contributed by atoms with Gasteiger partial charge in [-0.3, -0.25) is 0 Å². The fraction of sp³-hybridized carbons (Fsp3) is 0.393. The summed E-state index contributed by atoms with van der Waals surface area (Å²) in [6, 6.07) is 11.9. The minimum absolute atomic E-state index is 0.240. The van der Waals surface area contributed by atoms with Gasteiger partial charge in [-0.2, -0.15) is 15.0 Å². The molecule has 1 aromatic heterocycles. The van der Waals surface area contributed by atoms with Crippen molar-refractivity contribution in [1.82, 2.24) is 15.0 Å². The first-order valence-corrected chi connectivity index (χ1v) is 13.5. The van der Waals surface area contributed by atoms with Crippen LogP contribution >= 0.6 is 0 Å². The number of fused-ring (bicyclic) bond motifs is 1. The maximum absolute atomic E-state index is 12.7. The van der Waals surface area contributed by atoms with Crippen molar-refractivity contribution in [3.63, 3.8) is 0 Å². The van der Waals surface area contributed by atoms with E-state index in [-0.39, 0.29) is 6.61 Å². The number of benzene rings is 2. The Bertz CT molecular complexity index is 1370. The summed E-state index contributed by atoms with van der Waals surface area (Å²) < 4.78 is 21.5. The molecule has 2 fully saturated rings. The van der Waals surface area contributed by atoms with Gasteiger partial charge in [-0.05, 0) is 42.5 Å². The number of carbonyl (C=O) groups excluding carboxylic acids is 2. The molecule has 0 saturated carbocycles. The van der Waals surface area contributed by atoms with Crippen molar-refractivity contribution in [2.75, 3.05) is 86.8 Å². The first-order chi connectivity index (χ1) is 20.1. The van der Waals surface area contributed by atoms with Gasteiger partial charge in [0.05, 0.1) is 38.6 Å². The van der Waals surface area contributed by atoms with Crippen molar-refractivity contribution in [1.29, 1.82) is 0 Å². The smallest absolute Gasteiger partial charge is 0.339 e. The summed E-state index contributed by atoms with van der Waals surface area (Å²) in [6.45, 7) is 5.60. The normalized spacial score (nSPS) is 18.6. The summed E-state index contributed by atoms with van der Waals surface area (Å²) in [5, 5.41) is 5.65. The number of esters is 1. The molecule has 13 nitrogen and oxygen atoms in total. The van der Waals surface area contributed by atoms with E-state index in [9.17, 15) is 9.59 Å². The minimum Gasteiger partial charge on any atom is -0.451 e. The Morgan fingerprint density at radius 1 is 0.878 bits per heavy atom. The lowest BCUT2D eigenvalue weighted by molar-refractivity contribution is 0.0152. The van der Waals surface area contributed by atoms with E-state index >= 15 is 0 Å². The summed E-state index contributed by atoms with van der Waals surface area (Å²) in [5.41, 5.74) is 3.09. The molecule has 0 radical (unpaired) electrons. The average Bonchev–Trinajstić information content (AvgIpc) is 3.32. The molecule has 214 valence electrons. The number of amides is 2. The minimum atomic E-state index is -0.497. The number of aromatic nitrogens is 3. The van der Waals surface area contributed by atoms with Gasteiger partial charge in [0.1, 0.15) is 0 Å². The Kier molecular flexibility index (Phi) is 7.89. The van der Waals surface area contributed by atoms with Gasteiger partial charge < -0.3 is 39.4 Å². The standard InChI is InChI=1S/C28H31N7O6/c1-38-17-23-22-16-20(6-7-21(22)25(36)41-23)30-28(37)29-19-4-2-18(3-5-19)24-31-26(34-8-12-39-13-9-34)33-27(32-24)35-10-14-40-15-11-35/h2-7,16,23H,8-15,17H2,1H3,(H2,29,30,37). The molecule has 4 heterocycles. The molecule has 1 unspecified atom stereocenters. The van der Waals surface area contributed by atoms with E-state index in [1.807, 2.05) is 12.1 Å². The Morgan fingerprint density at radius 2 is 1.46 bits per heavy atom. The van der Waals surface area contributed by atoms with Crippen LogP contribution in [-0.4, -0.2) is 93.3 Å². The lowest BCUT2D eigenvalue weighted by atomic mass is 10.0. The number of carbonyl (C=O) groups is 2. The first-order valence-electron chi connectivity index (χ1n) is 13.5. The number of hydrogen-bond donors (Lipinski definition) is 2. The number of hydrogen-bond acceptors (Lipinski definition) is 11. The number of morpholine rings is 2. The van der Waals surface area contributed by atoms with Crippen molar-refractivity contribution >= 4 is 35.3 Å². The van der Waals surface area contributed by atoms with E-state index in [0.717, 1.165) is 5.56 Å². The van der Waals surface area contributed by atoms with Gasteiger partial charge in [-0.1, -0.05) is 0 Å². The molecule has 3 aromatic rings. The number of methoxy groups -OCH3 is 1. The molecule has 2 amide bonds. The number of urea groups is 1. The average molecular weight is 562 g/mol. The van der Waals surface area contributed by atoms with Gasteiger partial charge in [0, 0.05) is 55.8 Å². The van der Waals surface area contributed by atoms with E-state index in [4.69, 9.17) is 33.9 Å². The fourth-order valence-corrected chi connectivity index (χ4v) is 4.91. The van der Waals surface area contributed by atoms with E-state index < -0.39 is 18.1 Å². The molecule has 2 aromatic carbocycles. The number of nitrogens with one attached hydrogen (secondary N) is 2. The molecule has 2 saturated heterocycles. The second-order valence-corrected chi connectivity index (χ2v) is 9.77. The molecule has 41 heavy (non-hydrogen) atoms. The number of ether oxygens (including phenoxy) is 4. The van der Waals surface area contributed by atoms with Gasteiger partial charge in [-0.25, -0.2) is 9.59 Å². The Hall–Kier alpha value is -4.33. The largest absolute Gasteiger partial charge is 0.451 e. The first kappa shape index (κ1) is 26.9. The van der Waals surface area contributed by atoms with Crippen LogP contribution < -0.4 is 20.4 Å². The molecular formula is C28H31N7O6. The van der Waals surface area contributed by atoms with Crippen molar-refractivity contribution in [3.8, 4) is 11.4 Å². The zero-order valence-electron chi connectivity index (χ0n) is 22.7. The van der Waals surface area contributed by atoms with Crippen LogP contribution in [0, 0.1) is 0 Å². The molecule has 2 N–H and O–H groups in total. The quantitative estimate of drug-likeness (QED) is 0.412. The third-order valence-electron chi connectivity index (χ3n) is 7.04. The molecule has 0 bridgehead atoms. The van der Waals surface area contributed by atoms with Crippen LogP contribution in [0.5, 0.6) is 0 Å². The van der Waals surface area contributed by atoms with E-state index in [0.29, 0.717) is 92.8 Å². The second kappa shape index (κ2) is 12.0. The Balaban J connectivity index is 1.16. The molecule has 6 rings (SSSR count). The molecule has 1 atom stereocenters. The van der Waals surface area contributed by atoms with Crippen molar-refractivity contribution in [2.45, 2.75) is 6.10 Å². The molecule has 3 aliphatic rings. The van der Waals surface area contributed by atoms with Gasteiger partial charge in [-0.15, -0.1) is 0 Å². The molecule has 13 heteroatoms. The summed E-state index contributed by atoms with van der Waals surface area (Å²) in [5.74, 6) is 1.40. The number of cyclic esters (lactones) is 1. The molecule has 0 aliphatic carbocycles. The number of anilines is 4. The van der Waals surface area contributed by atoms with Crippen molar-refractivity contribution in [3.05, 3.63) is 53.6 Å². The third kappa shape index (κ3) is 6.06. The Labute approximate surface area is 236 Å². The van der Waals surface area contributed by atoms with Gasteiger partial charge in [0.25, 0.3) is 0 Å². The van der Waals surface area contributed by atoms with E-state index in [2.05, 4.69) is 20.4 Å². The van der Waals surface area contributed by atoms with Crippen LogP contribution in [0.25, 0.3) is 11.4 Å². The maximum atomic E-state index is 12.7. The lowest BCUT2D eigenvalue weighted by Crippen LogP contribution is -2.40. The van der Waals surface area contributed by atoms with Gasteiger partial charge in [0.2, 0.25) is 11.9 Å². The highest BCUT2D eigenvalue weighted by atomic mass is 16.6. The number of nitrogens with zero attached hydrogens (tertiary/aromatic N) is 5. The molecular weight excluding hydrogens is 530 g/mol. The highest BCUT2D eigenvalue weighted by molar-refractivity contribution is 6.01. The van der Waals surface area contributed by atoms with Crippen LogP contribution in [0.1, 0.15) is 22.0 Å². The monoisotopic (exact) mass is 561 g/mol. The van der Waals surface area contributed by atoms with E-state index in [1.165, 1.54) is 0 Å². The highest BCUT2D eigenvalue weighted by Gasteiger charge is 2.31. The van der Waals surface area contributed by atoms with Gasteiger partial charge >= 0.3 is 12.0 Å². The Morgan fingerprint density at radius 3 is 2.07 bits per heavy atom. The van der Waals surface area contributed by atoms with Gasteiger partial charge in [0.15, 0.2) is 11.9 Å². The SMILES string of the molecule is COCC1OC(=O)c2ccc(NC(=O)Nc3ccc(-c4nc(N5CCOCC5)nc(N5CCOCC5)n4)cc3)cc21. The summed E-state index contributed by atoms with van der Waals surface area (Å²) in [6.07, 6.45) is -0.497. The number of rotatable bonds is 7. The molecule has 3 aliphatic heterocycles. The van der Waals surface area contributed by atoms with Crippen LogP contribution in [0.2, 0.25) is 0 Å². The van der Waals surface area contributed by atoms with Crippen LogP contribution in [0.3, 0.4) is 0 Å².